The standard InChI is InChI=1S/C25H28N4O4SSi/c1-16-13-19-22(20(30)14-16)27-21(25(32)28(19)15-33-11-12-35(2,3)4)17-7-5-8-18-23(17)34-29(24(18)31)10-6-9-26/h5,7-8,13-14,30H,6,10-12,15H2,1-4H3. The molecule has 1 N–H and O–H groups in total. The van der Waals surface area contributed by atoms with Gasteiger partial charge in [0.2, 0.25) is 0 Å². The maximum atomic E-state index is 13.7. The van der Waals surface area contributed by atoms with Crippen LogP contribution in [0, 0.1) is 18.3 Å². The Labute approximate surface area is 207 Å². The zero-order valence-electron chi connectivity index (χ0n) is 20.3. The van der Waals surface area contributed by atoms with Gasteiger partial charge < -0.3 is 9.84 Å². The summed E-state index contributed by atoms with van der Waals surface area (Å²) in [6.07, 6.45) is 0.213. The van der Waals surface area contributed by atoms with Gasteiger partial charge >= 0.3 is 0 Å². The highest BCUT2D eigenvalue weighted by Gasteiger charge is 2.20. The Morgan fingerprint density at radius 1 is 1.20 bits per heavy atom. The summed E-state index contributed by atoms with van der Waals surface area (Å²) in [5, 5.41) is 20.1. The van der Waals surface area contributed by atoms with E-state index in [1.54, 1.807) is 24.3 Å². The van der Waals surface area contributed by atoms with Crippen molar-refractivity contribution in [3.05, 3.63) is 56.6 Å². The number of benzene rings is 2. The van der Waals surface area contributed by atoms with Gasteiger partial charge in [-0.2, -0.15) is 5.26 Å². The second-order valence-corrected chi connectivity index (χ2v) is 16.4. The molecule has 182 valence electrons. The van der Waals surface area contributed by atoms with E-state index in [2.05, 4.69) is 30.7 Å². The van der Waals surface area contributed by atoms with Crippen molar-refractivity contribution < 1.29 is 9.84 Å². The second kappa shape index (κ2) is 9.77. The van der Waals surface area contributed by atoms with Crippen LogP contribution in [0.15, 0.2) is 39.9 Å². The molecule has 0 unspecified atom stereocenters. The minimum atomic E-state index is -1.30. The number of phenols is 1. The van der Waals surface area contributed by atoms with E-state index >= 15 is 0 Å². The number of ether oxygens (including phenoxy) is 1. The van der Waals surface area contributed by atoms with Crippen molar-refractivity contribution in [2.45, 2.75) is 52.3 Å². The van der Waals surface area contributed by atoms with Crippen LogP contribution < -0.4 is 11.1 Å². The van der Waals surface area contributed by atoms with E-state index in [-0.39, 0.29) is 42.3 Å². The molecule has 10 heteroatoms. The molecule has 0 aliphatic carbocycles. The van der Waals surface area contributed by atoms with Crippen LogP contribution in [0.4, 0.5) is 0 Å². The summed E-state index contributed by atoms with van der Waals surface area (Å²) in [7, 11) is -1.30. The van der Waals surface area contributed by atoms with Crippen molar-refractivity contribution in [3.63, 3.8) is 0 Å². The van der Waals surface area contributed by atoms with Gasteiger partial charge in [0.1, 0.15) is 23.7 Å². The fourth-order valence-corrected chi connectivity index (χ4v) is 5.73. The average Bonchev–Trinajstić information content (AvgIpc) is 3.11. The third-order valence-corrected chi connectivity index (χ3v) is 8.64. The van der Waals surface area contributed by atoms with Crippen LogP contribution in [0.5, 0.6) is 5.75 Å². The van der Waals surface area contributed by atoms with Crippen molar-refractivity contribution in [3.8, 4) is 23.1 Å². The molecule has 0 amide bonds. The van der Waals surface area contributed by atoms with Crippen molar-refractivity contribution >= 4 is 40.7 Å². The predicted molar refractivity (Wildman–Crippen MR) is 142 cm³/mol. The first-order valence-electron chi connectivity index (χ1n) is 11.4. The highest BCUT2D eigenvalue weighted by molar-refractivity contribution is 7.14. The van der Waals surface area contributed by atoms with E-state index in [1.165, 1.54) is 20.1 Å². The van der Waals surface area contributed by atoms with Crippen molar-refractivity contribution in [1.82, 2.24) is 13.5 Å². The number of rotatable bonds is 8. The Morgan fingerprint density at radius 2 is 1.97 bits per heavy atom. The summed E-state index contributed by atoms with van der Waals surface area (Å²) in [6.45, 7) is 9.49. The molecule has 0 saturated heterocycles. The number of phenolic OH excluding ortho intramolecular Hbond substituents is 1. The van der Waals surface area contributed by atoms with E-state index in [1.807, 2.05) is 13.0 Å². The van der Waals surface area contributed by atoms with Crippen LogP contribution in [0.2, 0.25) is 25.7 Å². The van der Waals surface area contributed by atoms with Crippen LogP contribution in [-0.4, -0.2) is 33.3 Å². The summed E-state index contributed by atoms with van der Waals surface area (Å²) < 4.78 is 9.57. The lowest BCUT2D eigenvalue weighted by molar-refractivity contribution is 0.0878. The minimum absolute atomic E-state index is 0.0240. The molecule has 0 saturated carbocycles. The molecule has 2 heterocycles. The van der Waals surface area contributed by atoms with Gasteiger partial charge in [0.25, 0.3) is 11.1 Å². The third-order valence-electron chi connectivity index (χ3n) is 5.75. The first-order valence-corrected chi connectivity index (χ1v) is 15.9. The molecule has 0 radical (unpaired) electrons. The molecule has 2 aromatic heterocycles. The molecule has 0 fully saturated rings. The summed E-state index contributed by atoms with van der Waals surface area (Å²) in [6, 6.07) is 11.6. The van der Waals surface area contributed by atoms with Crippen molar-refractivity contribution in [2.75, 3.05) is 6.61 Å². The largest absolute Gasteiger partial charge is 0.506 e. The maximum Gasteiger partial charge on any atom is 0.279 e. The zero-order valence-corrected chi connectivity index (χ0v) is 22.1. The molecule has 0 aliphatic rings. The van der Waals surface area contributed by atoms with E-state index in [4.69, 9.17) is 10.00 Å². The highest BCUT2D eigenvalue weighted by Crippen LogP contribution is 2.31. The van der Waals surface area contributed by atoms with E-state index in [0.29, 0.717) is 33.3 Å². The van der Waals surface area contributed by atoms with Crippen LogP contribution in [0.1, 0.15) is 12.0 Å². The number of fused-ring (bicyclic) bond motifs is 2. The molecular weight excluding hydrogens is 480 g/mol. The van der Waals surface area contributed by atoms with E-state index in [9.17, 15) is 14.7 Å². The van der Waals surface area contributed by atoms with Crippen LogP contribution in [0.3, 0.4) is 0 Å². The molecule has 4 aromatic rings. The summed E-state index contributed by atoms with van der Waals surface area (Å²) in [5.41, 5.74) is 1.70. The number of nitrogens with zero attached hydrogens (tertiary/aromatic N) is 4. The molecule has 0 bridgehead atoms. The van der Waals surface area contributed by atoms with Gasteiger partial charge in [0.15, 0.2) is 0 Å². The van der Waals surface area contributed by atoms with E-state index < -0.39 is 8.07 Å². The number of nitriles is 1. The van der Waals surface area contributed by atoms with Gasteiger partial charge in [-0.05, 0) is 36.7 Å². The Hall–Kier alpha value is -3.26. The molecule has 0 atom stereocenters. The normalized spacial score (nSPS) is 11.9. The van der Waals surface area contributed by atoms with Gasteiger partial charge in [0, 0.05) is 26.8 Å². The monoisotopic (exact) mass is 508 g/mol. The SMILES string of the molecule is Cc1cc(O)c2nc(-c3cccc4c(=O)n(CCC#N)sc34)c(=O)n(COCC[Si](C)(C)C)c2c1. The van der Waals surface area contributed by atoms with Crippen LogP contribution >= 0.6 is 11.5 Å². The van der Waals surface area contributed by atoms with E-state index in [0.717, 1.165) is 11.6 Å². The van der Waals surface area contributed by atoms with Gasteiger partial charge in [-0.3, -0.25) is 18.1 Å². The average molecular weight is 509 g/mol. The van der Waals surface area contributed by atoms with Crippen molar-refractivity contribution in [2.24, 2.45) is 0 Å². The van der Waals surface area contributed by atoms with Gasteiger partial charge in [-0.15, -0.1) is 0 Å². The number of hydrogen-bond donors (Lipinski definition) is 1. The summed E-state index contributed by atoms with van der Waals surface area (Å²) >= 11 is 1.21. The topological polar surface area (TPSA) is 110 Å². The van der Waals surface area contributed by atoms with Crippen LogP contribution in [-0.2, 0) is 18.0 Å². The molecule has 4 rings (SSSR count). The maximum absolute atomic E-state index is 13.7. The molecule has 2 aromatic carbocycles. The van der Waals surface area contributed by atoms with Gasteiger partial charge in [0.05, 0.1) is 28.1 Å². The quantitative estimate of drug-likeness (QED) is 0.273. The second-order valence-electron chi connectivity index (χ2n) is 9.78. The smallest absolute Gasteiger partial charge is 0.279 e. The van der Waals surface area contributed by atoms with Gasteiger partial charge in [-0.25, -0.2) is 4.98 Å². The molecule has 0 spiro atoms. The molecular formula is C25H28N4O4SSi. The fraction of sp³-hybridized carbons (Fsp3) is 0.360. The third kappa shape index (κ3) is 5.07. The summed E-state index contributed by atoms with van der Waals surface area (Å²) in [4.78, 5) is 31.1. The lowest BCUT2D eigenvalue weighted by Crippen LogP contribution is -2.27. The molecule has 8 nitrogen and oxygen atoms in total. The Kier molecular flexibility index (Phi) is 6.94. The highest BCUT2D eigenvalue weighted by atomic mass is 32.1. The minimum Gasteiger partial charge on any atom is -0.506 e. The Balaban J connectivity index is 1.90. The van der Waals surface area contributed by atoms with Crippen LogP contribution in [0.25, 0.3) is 32.4 Å². The first kappa shape index (κ1) is 24.8. The molecule has 35 heavy (non-hydrogen) atoms. The predicted octanol–water partition coefficient (Wildman–Crippen LogP) is 4.68. The number of hydrogen-bond acceptors (Lipinski definition) is 7. The summed E-state index contributed by atoms with van der Waals surface area (Å²) in [5.74, 6) is -0.0240. The number of aromatic hydroxyl groups is 1. The number of aromatic nitrogens is 3. The van der Waals surface area contributed by atoms with Gasteiger partial charge in [-0.1, -0.05) is 43.3 Å². The Bertz CT molecular complexity index is 1570. The fourth-order valence-electron chi connectivity index (χ4n) is 3.87. The Morgan fingerprint density at radius 3 is 2.69 bits per heavy atom. The molecule has 0 aliphatic heterocycles. The lowest BCUT2D eigenvalue weighted by atomic mass is 10.1. The first-order chi connectivity index (χ1) is 16.6. The lowest BCUT2D eigenvalue weighted by Gasteiger charge is -2.17. The zero-order chi connectivity index (χ0) is 25.3. The number of aryl methyl sites for hydroxylation is 2. The van der Waals surface area contributed by atoms with Crippen molar-refractivity contribution in [1.29, 1.82) is 5.26 Å².